The highest BCUT2D eigenvalue weighted by Gasteiger charge is 2.28. The van der Waals surface area contributed by atoms with E-state index in [4.69, 9.17) is 0 Å². The number of benzene rings is 2. The van der Waals surface area contributed by atoms with Gasteiger partial charge in [0.15, 0.2) is 0 Å². The van der Waals surface area contributed by atoms with Crippen molar-refractivity contribution >= 4 is 0 Å². The van der Waals surface area contributed by atoms with E-state index in [1.165, 1.54) is 11.1 Å². The molecule has 2 nitrogen and oxygen atoms in total. The molecule has 0 fully saturated rings. The molecule has 0 saturated carbocycles. The Bertz CT molecular complexity index is 522. The first kappa shape index (κ1) is 15.4. The molecular weight excluding hydrogens is 260 g/mol. The van der Waals surface area contributed by atoms with Gasteiger partial charge >= 0.3 is 0 Å². The fraction of sp³-hybridized carbons (Fsp3) is 0.368. The lowest BCUT2D eigenvalue weighted by Gasteiger charge is -2.32. The zero-order chi connectivity index (χ0) is 15.5. The molecule has 0 aromatic heterocycles. The van der Waals surface area contributed by atoms with Gasteiger partial charge in [0.1, 0.15) is 11.5 Å². The Balaban J connectivity index is 2.42. The maximum Gasteiger partial charge on any atom is 0.115 e. The van der Waals surface area contributed by atoms with Crippen LogP contribution in [0.5, 0.6) is 11.5 Å². The van der Waals surface area contributed by atoms with E-state index in [9.17, 15) is 10.2 Å². The van der Waals surface area contributed by atoms with Gasteiger partial charge in [-0.05, 0) is 54.2 Å². The predicted molar refractivity (Wildman–Crippen MR) is 86.7 cm³/mol. The standard InChI is InChI=1S/C19H24O2/c1-14(2)12-13-19(3,15-4-8-17(20)9-5-15)16-6-10-18(21)11-7-16/h4-11,14,20-21H,12-13H2,1-3H3. The van der Waals surface area contributed by atoms with Crippen molar-refractivity contribution in [2.45, 2.75) is 39.0 Å². The molecule has 21 heavy (non-hydrogen) atoms. The molecule has 0 bridgehead atoms. The van der Waals surface area contributed by atoms with Gasteiger partial charge in [-0.3, -0.25) is 0 Å². The number of hydrogen-bond donors (Lipinski definition) is 2. The molecule has 112 valence electrons. The first-order valence-corrected chi connectivity index (χ1v) is 7.51. The van der Waals surface area contributed by atoms with Crippen molar-refractivity contribution in [2.75, 3.05) is 0 Å². The molecule has 0 unspecified atom stereocenters. The summed E-state index contributed by atoms with van der Waals surface area (Å²) in [5.74, 6) is 1.21. The Kier molecular flexibility index (Phi) is 4.56. The molecule has 0 aliphatic carbocycles. The molecule has 2 heteroatoms. The second kappa shape index (κ2) is 6.21. The third kappa shape index (κ3) is 3.57. The van der Waals surface area contributed by atoms with Gasteiger partial charge in [0.25, 0.3) is 0 Å². The fourth-order valence-corrected chi connectivity index (χ4v) is 2.69. The van der Waals surface area contributed by atoms with Gasteiger partial charge in [-0.15, -0.1) is 0 Å². The summed E-state index contributed by atoms with van der Waals surface area (Å²) in [7, 11) is 0. The van der Waals surface area contributed by atoms with E-state index in [2.05, 4.69) is 20.8 Å². The minimum atomic E-state index is -0.119. The molecular formula is C19H24O2. The molecule has 0 spiro atoms. The molecule has 2 rings (SSSR count). The minimum absolute atomic E-state index is 0.119. The summed E-state index contributed by atoms with van der Waals surface area (Å²) in [6.07, 6.45) is 2.15. The van der Waals surface area contributed by atoms with E-state index in [1.807, 2.05) is 24.3 Å². The van der Waals surface area contributed by atoms with E-state index in [0.29, 0.717) is 5.92 Å². The SMILES string of the molecule is CC(C)CCC(C)(c1ccc(O)cc1)c1ccc(O)cc1. The Labute approximate surface area is 127 Å². The number of phenolic OH excluding ortho intramolecular Hbond substituents is 2. The lowest BCUT2D eigenvalue weighted by Crippen LogP contribution is -2.24. The maximum atomic E-state index is 9.51. The Morgan fingerprint density at radius 3 is 1.52 bits per heavy atom. The van der Waals surface area contributed by atoms with Crippen LogP contribution in [0.15, 0.2) is 48.5 Å². The van der Waals surface area contributed by atoms with Crippen LogP contribution in [0.1, 0.15) is 44.7 Å². The Hall–Kier alpha value is -1.96. The monoisotopic (exact) mass is 284 g/mol. The van der Waals surface area contributed by atoms with Crippen LogP contribution in [-0.4, -0.2) is 10.2 Å². The maximum absolute atomic E-state index is 9.51. The third-order valence-corrected chi connectivity index (χ3v) is 4.23. The fourth-order valence-electron chi connectivity index (χ4n) is 2.69. The van der Waals surface area contributed by atoms with Crippen LogP contribution in [0.3, 0.4) is 0 Å². The van der Waals surface area contributed by atoms with Crippen LogP contribution in [0.25, 0.3) is 0 Å². The Morgan fingerprint density at radius 2 is 1.19 bits per heavy atom. The molecule has 0 heterocycles. The Morgan fingerprint density at radius 1 is 0.810 bits per heavy atom. The normalized spacial score (nSPS) is 11.8. The minimum Gasteiger partial charge on any atom is -0.508 e. The highest BCUT2D eigenvalue weighted by atomic mass is 16.3. The van der Waals surface area contributed by atoms with Crippen LogP contribution in [0.2, 0.25) is 0 Å². The van der Waals surface area contributed by atoms with E-state index >= 15 is 0 Å². The second-order valence-electron chi connectivity index (χ2n) is 6.36. The van der Waals surface area contributed by atoms with Crippen LogP contribution < -0.4 is 0 Å². The van der Waals surface area contributed by atoms with Crippen molar-refractivity contribution in [3.8, 4) is 11.5 Å². The summed E-state index contributed by atoms with van der Waals surface area (Å²) in [4.78, 5) is 0. The summed E-state index contributed by atoms with van der Waals surface area (Å²) in [6.45, 7) is 6.69. The van der Waals surface area contributed by atoms with E-state index in [1.54, 1.807) is 24.3 Å². The summed E-state index contributed by atoms with van der Waals surface area (Å²) < 4.78 is 0. The van der Waals surface area contributed by atoms with Crippen molar-refractivity contribution in [3.05, 3.63) is 59.7 Å². The van der Waals surface area contributed by atoms with Gasteiger partial charge < -0.3 is 10.2 Å². The van der Waals surface area contributed by atoms with Gasteiger partial charge in [-0.2, -0.15) is 0 Å². The van der Waals surface area contributed by atoms with Crippen molar-refractivity contribution in [1.82, 2.24) is 0 Å². The lowest BCUT2D eigenvalue weighted by atomic mass is 9.72. The van der Waals surface area contributed by atoms with Gasteiger partial charge in [0.2, 0.25) is 0 Å². The predicted octanol–water partition coefficient (Wildman–Crippen LogP) is 4.84. The van der Waals surface area contributed by atoms with Crippen molar-refractivity contribution in [3.63, 3.8) is 0 Å². The highest BCUT2D eigenvalue weighted by molar-refractivity contribution is 5.42. The summed E-state index contributed by atoms with van der Waals surface area (Å²) in [5, 5.41) is 19.0. The summed E-state index contributed by atoms with van der Waals surface area (Å²) >= 11 is 0. The van der Waals surface area contributed by atoms with Crippen molar-refractivity contribution < 1.29 is 10.2 Å². The quantitative estimate of drug-likeness (QED) is 0.824. The zero-order valence-electron chi connectivity index (χ0n) is 13.0. The average molecular weight is 284 g/mol. The summed E-state index contributed by atoms with van der Waals surface area (Å²) in [6, 6.07) is 14.9. The number of rotatable bonds is 5. The van der Waals surface area contributed by atoms with Gasteiger partial charge in [0.05, 0.1) is 0 Å². The molecule has 2 aromatic carbocycles. The van der Waals surface area contributed by atoms with Crippen molar-refractivity contribution in [2.24, 2.45) is 5.92 Å². The molecule has 0 aliphatic rings. The average Bonchev–Trinajstić information content (AvgIpc) is 2.46. The first-order valence-electron chi connectivity index (χ1n) is 7.51. The van der Waals surface area contributed by atoms with Crippen LogP contribution in [0, 0.1) is 5.92 Å². The van der Waals surface area contributed by atoms with Crippen LogP contribution in [0.4, 0.5) is 0 Å². The summed E-state index contributed by atoms with van der Waals surface area (Å²) in [5.41, 5.74) is 2.25. The molecule has 2 aromatic rings. The zero-order valence-corrected chi connectivity index (χ0v) is 13.0. The van der Waals surface area contributed by atoms with Gasteiger partial charge in [0, 0.05) is 5.41 Å². The number of aromatic hydroxyl groups is 2. The molecule has 0 aliphatic heterocycles. The number of phenols is 2. The van der Waals surface area contributed by atoms with Crippen molar-refractivity contribution in [1.29, 1.82) is 0 Å². The van der Waals surface area contributed by atoms with Gasteiger partial charge in [-0.1, -0.05) is 45.0 Å². The number of hydrogen-bond acceptors (Lipinski definition) is 2. The smallest absolute Gasteiger partial charge is 0.115 e. The van der Waals surface area contributed by atoms with E-state index < -0.39 is 0 Å². The third-order valence-electron chi connectivity index (χ3n) is 4.23. The second-order valence-corrected chi connectivity index (χ2v) is 6.36. The molecule has 0 radical (unpaired) electrons. The van der Waals surface area contributed by atoms with Gasteiger partial charge in [-0.25, -0.2) is 0 Å². The van der Waals surface area contributed by atoms with Crippen LogP contribution >= 0.6 is 0 Å². The molecule has 0 amide bonds. The van der Waals surface area contributed by atoms with Crippen LogP contribution in [-0.2, 0) is 5.41 Å². The molecule has 2 N–H and O–H groups in total. The van der Waals surface area contributed by atoms with E-state index in [0.717, 1.165) is 12.8 Å². The van der Waals surface area contributed by atoms with E-state index in [-0.39, 0.29) is 16.9 Å². The topological polar surface area (TPSA) is 40.5 Å². The molecule has 0 saturated heterocycles. The highest BCUT2D eigenvalue weighted by Crippen LogP contribution is 2.38. The lowest BCUT2D eigenvalue weighted by molar-refractivity contribution is 0.436. The largest absolute Gasteiger partial charge is 0.508 e. The molecule has 0 atom stereocenters. The first-order chi connectivity index (χ1) is 9.91.